The second kappa shape index (κ2) is 9.17. The van der Waals surface area contributed by atoms with E-state index < -0.39 is 11.6 Å². The lowest BCUT2D eigenvalue weighted by molar-refractivity contribution is -0.140. The summed E-state index contributed by atoms with van der Waals surface area (Å²) < 4.78 is 13.4. The molecule has 1 aromatic rings. The van der Waals surface area contributed by atoms with Crippen LogP contribution in [0.15, 0.2) is 29.4 Å². The number of hydrogen-bond donors (Lipinski definition) is 2. The third-order valence-corrected chi connectivity index (χ3v) is 5.44. The van der Waals surface area contributed by atoms with Crippen molar-refractivity contribution in [3.05, 3.63) is 35.6 Å². The smallest absolute Gasteiger partial charge is 0.265 e. The van der Waals surface area contributed by atoms with Gasteiger partial charge in [-0.05, 0) is 31.4 Å². The van der Waals surface area contributed by atoms with E-state index in [1.807, 2.05) is 0 Å². The Bertz CT molecular complexity index is 744. The molecule has 1 aliphatic carbocycles. The number of halogens is 1. The molecule has 1 heterocycles. The highest BCUT2D eigenvalue weighted by atomic mass is 19.1. The quantitative estimate of drug-likeness (QED) is 0.704. The minimum Gasteiger partial charge on any atom is -0.382 e. The van der Waals surface area contributed by atoms with E-state index in [0.29, 0.717) is 30.7 Å². The molecule has 0 spiro atoms. The number of amides is 2. The molecule has 0 saturated heterocycles. The van der Waals surface area contributed by atoms with Gasteiger partial charge in [0, 0.05) is 18.5 Å². The average Bonchev–Trinajstić information content (AvgIpc) is 3.19. The standard InChI is InChI=1S/C21H28FN3O3/c1-2-3-12-23-20(27)21(10-5-4-6-11-21)24-19(26)18-14-17(25-28-18)15-8-7-9-16(22)13-15/h7-9,13,18H,2-6,10-12,14H2,1H3,(H,23,27)(H,24,26). The van der Waals surface area contributed by atoms with E-state index >= 15 is 0 Å². The van der Waals surface area contributed by atoms with Gasteiger partial charge in [-0.25, -0.2) is 4.39 Å². The van der Waals surface area contributed by atoms with Crippen molar-refractivity contribution in [2.24, 2.45) is 5.16 Å². The normalized spacial score (nSPS) is 20.8. The highest BCUT2D eigenvalue weighted by Gasteiger charge is 2.43. The van der Waals surface area contributed by atoms with Gasteiger partial charge < -0.3 is 15.5 Å². The van der Waals surface area contributed by atoms with Crippen molar-refractivity contribution < 1.29 is 18.8 Å². The number of nitrogens with one attached hydrogen (secondary N) is 2. The summed E-state index contributed by atoms with van der Waals surface area (Å²) in [5.41, 5.74) is 0.248. The number of nitrogens with zero attached hydrogens (tertiary/aromatic N) is 1. The molecule has 0 aromatic heterocycles. The van der Waals surface area contributed by atoms with E-state index in [0.717, 1.165) is 32.1 Å². The van der Waals surface area contributed by atoms with Crippen LogP contribution in [-0.2, 0) is 14.4 Å². The SMILES string of the molecule is CCCCNC(=O)C1(NC(=O)C2CC(c3cccc(F)c3)=NO2)CCCCC1. The van der Waals surface area contributed by atoms with Gasteiger partial charge in [0.1, 0.15) is 11.4 Å². The topological polar surface area (TPSA) is 79.8 Å². The fourth-order valence-corrected chi connectivity index (χ4v) is 3.78. The van der Waals surface area contributed by atoms with Crippen LogP contribution in [0, 0.1) is 5.82 Å². The van der Waals surface area contributed by atoms with Gasteiger partial charge >= 0.3 is 0 Å². The number of carbonyl (C=O) groups excluding carboxylic acids is 2. The molecule has 1 aliphatic heterocycles. The maximum Gasteiger partial charge on any atom is 0.265 e. The summed E-state index contributed by atoms with van der Waals surface area (Å²) in [6, 6.07) is 6.05. The summed E-state index contributed by atoms with van der Waals surface area (Å²) in [6.45, 7) is 2.68. The third-order valence-electron chi connectivity index (χ3n) is 5.44. The second-order valence-corrected chi connectivity index (χ2v) is 7.59. The molecular formula is C21H28FN3O3. The summed E-state index contributed by atoms with van der Waals surface area (Å²) in [7, 11) is 0. The number of benzene rings is 1. The van der Waals surface area contributed by atoms with Crippen LogP contribution in [0.3, 0.4) is 0 Å². The van der Waals surface area contributed by atoms with Gasteiger partial charge in [-0.1, -0.05) is 49.9 Å². The highest BCUT2D eigenvalue weighted by molar-refractivity contribution is 6.04. The highest BCUT2D eigenvalue weighted by Crippen LogP contribution is 2.29. The van der Waals surface area contributed by atoms with E-state index in [9.17, 15) is 14.0 Å². The zero-order chi connectivity index (χ0) is 20.0. The lowest BCUT2D eigenvalue weighted by Crippen LogP contribution is -2.61. The first kappa shape index (κ1) is 20.3. The zero-order valence-corrected chi connectivity index (χ0v) is 16.3. The third kappa shape index (κ3) is 4.69. The van der Waals surface area contributed by atoms with Crippen molar-refractivity contribution in [1.29, 1.82) is 0 Å². The maximum absolute atomic E-state index is 13.4. The van der Waals surface area contributed by atoms with Crippen molar-refractivity contribution in [2.45, 2.75) is 69.9 Å². The Kier molecular flexibility index (Phi) is 6.65. The Morgan fingerprint density at radius 2 is 2.07 bits per heavy atom. The van der Waals surface area contributed by atoms with Gasteiger partial charge in [0.25, 0.3) is 5.91 Å². The Morgan fingerprint density at radius 3 is 2.79 bits per heavy atom. The van der Waals surface area contributed by atoms with Crippen molar-refractivity contribution in [3.8, 4) is 0 Å². The molecule has 1 fully saturated rings. The van der Waals surface area contributed by atoms with Gasteiger partial charge in [-0.15, -0.1) is 0 Å². The summed E-state index contributed by atoms with van der Waals surface area (Å²) >= 11 is 0. The van der Waals surface area contributed by atoms with Crippen LogP contribution in [0.25, 0.3) is 0 Å². The second-order valence-electron chi connectivity index (χ2n) is 7.59. The Morgan fingerprint density at radius 1 is 1.29 bits per heavy atom. The predicted octanol–water partition coefficient (Wildman–Crippen LogP) is 3.05. The molecule has 152 valence electrons. The maximum atomic E-state index is 13.4. The minimum atomic E-state index is -0.881. The van der Waals surface area contributed by atoms with Crippen LogP contribution in [0.4, 0.5) is 4.39 Å². The molecule has 0 radical (unpaired) electrons. The van der Waals surface area contributed by atoms with Crippen molar-refractivity contribution in [3.63, 3.8) is 0 Å². The lowest BCUT2D eigenvalue weighted by atomic mass is 9.80. The minimum absolute atomic E-state index is 0.113. The van der Waals surface area contributed by atoms with Gasteiger partial charge in [0.2, 0.25) is 12.0 Å². The Hall–Kier alpha value is -2.44. The van der Waals surface area contributed by atoms with Crippen LogP contribution in [0.5, 0.6) is 0 Å². The average molecular weight is 389 g/mol. The van der Waals surface area contributed by atoms with Crippen molar-refractivity contribution >= 4 is 17.5 Å². The van der Waals surface area contributed by atoms with Crippen LogP contribution in [0.1, 0.15) is 63.9 Å². The molecule has 3 rings (SSSR count). The monoisotopic (exact) mass is 389 g/mol. The first-order valence-corrected chi connectivity index (χ1v) is 10.1. The molecule has 2 aliphatic rings. The molecule has 1 atom stereocenters. The van der Waals surface area contributed by atoms with Gasteiger partial charge in [0.15, 0.2) is 0 Å². The molecule has 2 N–H and O–H groups in total. The van der Waals surface area contributed by atoms with E-state index in [-0.39, 0.29) is 24.1 Å². The van der Waals surface area contributed by atoms with Crippen molar-refractivity contribution in [2.75, 3.05) is 6.54 Å². The number of carbonyl (C=O) groups is 2. The number of rotatable bonds is 7. The first-order chi connectivity index (χ1) is 13.5. The molecule has 0 bridgehead atoms. The number of oxime groups is 1. The zero-order valence-electron chi connectivity index (χ0n) is 16.3. The van der Waals surface area contributed by atoms with Crippen LogP contribution < -0.4 is 10.6 Å². The predicted molar refractivity (Wildman–Crippen MR) is 104 cm³/mol. The lowest BCUT2D eigenvalue weighted by Gasteiger charge is -2.37. The van der Waals surface area contributed by atoms with Crippen LogP contribution in [-0.4, -0.2) is 35.7 Å². The summed E-state index contributed by atoms with van der Waals surface area (Å²) in [4.78, 5) is 31.0. The van der Waals surface area contributed by atoms with E-state index in [4.69, 9.17) is 4.84 Å². The summed E-state index contributed by atoms with van der Waals surface area (Å²) in [5.74, 6) is -0.820. The number of hydrogen-bond acceptors (Lipinski definition) is 4. The van der Waals surface area contributed by atoms with Gasteiger partial charge in [0.05, 0.1) is 5.71 Å². The summed E-state index contributed by atoms with van der Waals surface area (Å²) in [6.07, 6.45) is 5.47. The summed E-state index contributed by atoms with van der Waals surface area (Å²) in [5, 5.41) is 9.89. The fourth-order valence-electron chi connectivity index (χ4n) is 3.78. The van der Waals surface area contributed by atoms with Gasteiger partial charge in [-0.3, -0.25) is 9.59 Å². The number of unbranched alkanes of at least 4 members (excludes halogenated alkanes) is 1. The molecule has 1 saturated carbocycles. The molecular weight excluding hydrogens is 361 g/mol. The molecule has 1 unspecified atom stereocenters. The van der Waals surface area contributed by atoms with Crippen LogP contribution in [0.2, 0.25) is 0 Å². The van der Waals surface area contributed by atoms with E-state index in [1.165, 1.54) is 12.1 Å². The van der Waals surface area contributed by atoms with Gasteiger partial charge in [-0.2, -0.15) is 0 Å². The van der Waals surface area contributed by atoms with Crippen molar-refractivity contribution in [1.82, 2.24) is 10.6 Å². The molecule has 7 heteroatoms. The van der Waals surface area contributed by atoms with Crippen LogP contribution >= 0.6 is 0 Å². The Labute approximate surface area is 164 Å². The Balaban J connectivity index is 1.63. The fraction of sp³-hybridized carbons (Fsp3) is 0.571. The molecule has 1 aromatic carbocycles. The molecule has 6 nitrogen and oxygen atoms in total. The van der Waals surface area contributed by atoms with E-state index in [1.54, 1.807) is 12.1 Å². The largest absolute Gasteiger partial charge is 0.382 e. The van der Waals surface area contributed by atoms with E-state index in [2.05, 4.69) is 22.7 Å². The molecule has 28 heavy (non-hydrogen) atoms. The molecule has 2 amide bonds. The first-order valence-electron chi connectivity index (χ1n) is 10.1.